The molecule has 20 heavy (non-hydrogen) atoms. The lowest BCUT2D eigenvalue weighted by Gasteiger charge is -2.06. The van der Waals surface area contributed by atoms with E-state index in [1.807, 2.05) is 18.9 Å². The highest BCUT2D eigenvalue weighted by Gasteiger charge is 2.25. The quantitative estimate of drug-likeness (QED) is 0.736. The van der Waals surface area contributed by atoms with Gasteiger partial charge in [-0.1, -0.05) is 0 Å². The van der Waals surface area contributed by atoms with Gasteiger partial charge in [0.15, 0.2) is 0 Å². The molecule has 0 spiro atoms. The molecular formula is C14H21N5O. The number of hydrogen-bond donors (Lipinski definition) is 1. The Balaban J connectivity index is 1.55. The molecule has 6 heteroatoms. The molecular weight excluding hydrogens is 254 g/mol. The molecule has 2 heterocycles. The van der Waals surface area contributed by atoms with Crippen molar-refractivity contribution in [2.24, 2.45) is 0 Å². The Kier molecular flexibility index (Phi) is 4.13. The second kappa shape index (κ2) is 6.19. The minimum Gasteiger partial charge on any atom is -0.383 e. The summed E-state index contributed by atoms with van der Waals surface area (Å²) in [7, 11) is 1.71. The van der Waals surface area contributed by atoms with Crippen LogP contribution in [0.5, 0.6) is 0 Å². The minimum absolute atomic E-state index is 0.672. The first-order valence-corrected chi connectivity index (χ1v) is 7.08. The summed E-state index contributed by atoms with van der Waals surface area (Å²) in [5.74, 6) is 0. The van der Waals surface area contributed by atoms with Crippen molar-refractivity contribution in [3.05, 3.63) is 36.4 Å². The Hall–Kier alpha value is -1.66. The largest absolute Gasteiger partial charge is 0.383 e. The van der Waals surface area contributed by atoms with Gasteiger partial charge < -0.3 is 19.2 Å². The van der Waals surface area contributed by atoms with E-state index in [0.717, 1.165) is 31.9 Å². The molecule has 0 aliphatic heterocycles. The third kappa shape index (κ3) is 3.26. The summed E-state index contributed by atoms with van der Waals surface area (Å²) in [6, 6.07) is 0.672. The van der Waals surface area contributed by atoms with Crippen molar-refractivity contribution >= 4 is 0 Å². The monoisotopic (exact) mass is 275 g/mol. The van der Waals surface area contributed by atoms with Crippen LogP contribution in [0.2, 0.25) is 0 Å². The molecule has 1 saturated carbocycles. The van der Waals surface area contributed by atoms with Gasteiger partial charge >= 0.3 is 0 Å². The third-order valence-electron chi connectivity index (χ3n) is 3.51. The van der Waals surface area contributed by atoms with E-state index in [4.69, 9.17) is 4.74 Å². The average molecular weight is 275 g/mol. The van der Waals surface area contributed by atoms with Crippen molar-refractivity contribution in [1.29, 1.82) is 0 Å². The highest BCUT2D eigenvalue weighted by atomic mass is 16.5. The summed E-state index contributed by atoms with van der Waals surface area (Å²) in [6.07, 6.45) is 10.4. The van der Waals surface area contributed by atoms with Gasteiger partial charge in [-0.3, -0.25) is 0 Å². The predicted octanol–water partition coefficient (Wildman–Crippen LogP) is 1.20. The Morgan fingerprint density at radius 3 is 3.10 bits per heavy atom. The average Bonchev–Trinajstić information content (AvgIpc) is 3.03. The van der Waals surface area contributed by atoms with Gasteiger partial charge in [0.1, 0.15) is 0 Å². The topological polar surface area (TPSA) is 56.9 Å². The first-order valence-electron chi connectivity index (χ1n) is 7.08. The van der Waals surface area contributed by atoms with Gasteiger partial charge in [-0.25, -0.2) is 9.97 Å². The summed E-state index contributed by atoms with van der Waals surface area (Å²) >= 11 is 0. The molecule has 0 amide bonds. The molecule has 3 rings (SSSR count). The van der Waals surface area contributed by atoms with Crippen LogP contribution >= 0.6 is 0 Å². The molecule has 0 atom stereocenters. The number of hydrogen-bond acceptors (Lipinski definition) is 4. The normalized spacial score (nSPS) is 14.8. The summed E-state index contributed by atoms with van der Waals surface area (Å²) in [5, 5.41) is 3.30. The fraction of sp³-hybridized carbons (Fsp3) is 0.571. The number of rotatable bonds is 8. The fourth-order valence-corrected chi connectivity index (χ4v) is 2.30. The van der Waals surface area contributed by atoms with Crippen LogP contribution in [0.3, 0.4) is 0 Å². The van der Waals surface area contributed by atoms with Crippen LogP contribution in [0.15, 0.2) is 25.0 Å². The molecule has 1 N–H and O–H groups in total. The van der Waals surface area contributed by atoms with Crippen molar-refractivity contribution in [3.63, 3.8) is 0 Å². The highest BCUT2D eigenvalue weighted by Crippen LogP contribution is 2.35. The van der Waals surface area contributed by atoms with E-state index in [1.165, 1.54) is 18.5 Å². The Morgan fingerprint density at radius 2 is 2.30 bits per heavy atom. The van der Waals surface area contributed by atoms with Crippen LogP contribution in [0.25, 0.3) is 0 Å². The predicted molar refractivity (Wildman–Crippen MR) is 75.4 cm³/mol. The molecule has 0 radical (unpaired) electrons. The minimum atomic E-state index is 0.672. The first kappa shape index (κ1) is 13.3. The fourth-order valence-electron chi connectivity index (χ4n) is 2.30. The Bertz CT molecular complexity index is 543. The molecule has 0 saturated heterocycles. The smallest absolute Gasteiger partial charge is 0.0953 e. The van der Waals surface area contributed by atoms with Crippen LogP contribution in [-0.2, 0) is 17.8 Å². The van der Waals surface area contributed by atoms with Gasteiger partial charge in [0, 0.05) is 38.6 Å². The highest BCUT2D eigenvalue weighted by molar-refractivity contribution is 5.06. The second-order valence-electron chi connectivity index (χ2n) is 5.23. The van der Waals surface area contributed by atoms with Gasteiger partial charge in [-0.05, 0) is 12.8 Å². The number of aromatic nitrogens is 4. The summed E-state index contributed by atoms with van der Waals surface area (Å²) in [6.45, 7) is 3.18. The summed E-state index contributed by atoms with van der Waals surface area (Å²) in [4.78, 5) is 8.67. The standard InChI is InChI=1S/C14H21N5O/c1-20-5-4-15-6-12-8-18(11-17-12)9-14-7-16-10-19(14)13-2-3-13/h7-8,10-11,13,15H,2-6,9H2,1H3. The maximum atomic E-state index is 5.00. The van der Waals surface area contributed by atoms with Gasteiger partial charge in [0.25, 0.3) is 0 Å². The summed E-state index contributed by atoms with van der Waals surface area (Å²) < 4.78 is 9.40. The lowest BCUT2D eigenvalue weighted by molar-refractivity contribution is 0.199. The zero-order valence-electron chi connectivity index (χ0n) is 11.8. The molecule has 108 valence electrons. The van der Waals surface area contributed by atoms with Gasteiger partial charge in [-0.2, -0.15) is 0 Å². The van der Waals surface area contributed by atoms with Crippen molar-refractivity contribution in [2.45, 2.75) is 32.0 Å². The van der Waals surface area contributed by atoms with Crippen LogP contribution in [0, 0.1) is 0 Å². The second-order valence-corrected chi connectivity index (χ2v) is 5.23. The number of imidazole rings is 2. The van der Waals surface area contributed by atoms with Crippen molar-refractivity contribution in [2.75, 3.05) is 20.3 Å². The maximum Gasteiger partial charge on any atom is 0.0953 e. The Labute approximate surface area is 118 Å². The van der Waals surface area contributed by atoms with Gasteiger partial charge in [0.05, 0.1) is 37.2 Å². The number of ether oxygens (including phenoxy) is 1. The van der Waals surface area contributed by atoms with Crippen LogP contribution in [0.4, 0.5) is 0 Å². The molecule has 0 unspecified atom stereocenters. The molecule has 1 fully saturated rings. The number of methoxy groups -OCH3 is 1. The Morgan fingerprint density at radius 1 is 1.40 bits per heavy atom. The lowest BCUT2D eigenvalue weighted by atomic mass is 10.4. The first-order chi connectivity index (χ1) is 9.86. The van der Waals surface area contributed by atoms with Crippen molar-refractivity contribution < 1.29 is 4.74 Å². The molecule has 6 nitrogen and oxygen atoms in total. The molecule has 1 aliphatic carbocycles. The lowest BCUT2D eigenvalue weighted by Crippen LogP contribution is -2.18. The number of nitrogens with zero attached hydrogens (tertiary/aromatic N) is 4. The van der Waals surface area contributed by atoms with E-state index in [1.54, 1.807) is 7.11 Å². The zero-order chi connectivity index (χ0) is 13.8. The zero-order valence-corrected chi connectivity index (χ0v) is 11.8. The van der Waals surface area contributed by atoms with E-state index in [-0.39, 0.29) is 0 Å². The van der Waals surface area contributed by atoms with Crippen LogP contribution in [-0.4, -0.2) is 39.4 Å². The summed E-state index contributed by atoms with van der Waals surface area (Å²) in [5.41, 5.74) is 2.31. The molecule has 2 aromatic rings. The number of nitrogens with one attached hydrogen (secondary N) is 1. The molecule has 0 bridgehead atoms. The van der Waals surface area contributed by atoms with Crippen molar-refractivity contribution in [1.82, 2.24) is 24.4 Å². The van der Waals surface area contributed by atoms with Crippen molar-refractivity contribution in [3.8, 4) is 0 Å². The van der Waals surface area contributed by atoms with E-state index in [0.29, 0.717) is 6.04 Å². The van der Waals surface area contributed by atoms with Crippen LogP contribution in [0.1, 0.15) is 30.3 Å². The maximum absolute atomic E-state index is 5.00. The van der Waals surface area contributed by atoms with Crippen LogP contribution < -0.4 is 5.32 Å². The SMILES string of the molecule is COCCNCc1cn(Cc2cncn2C2CC2)cn1. The van der Waals surface area contributed by atoms with Gasteiger partial charge in [-0.15, -0.1) is 0 Å². The van der Waals surface area contributed by atoms with E-state index in [2.05, 4.69) is 30.6 Å². The third-order valence-corrected chi connectivity index (χ3v) is 3.51. The van der Waals surface area contributed by atoms with E-state index in [9.17, 15) is 0 Å². The van der Waals surface area contributed by atoms with E-state index >= 15 is 0 Å². The molecule has 1 aliphatic rings. The molecule has 2 aromatic heterocycles. The van der Waals surface area contributed by atoms with Gasteiger partial charge in [0.2, 0.25) is 0 Å². The van der Waals surface area contributed by atoms with E-state index < -0.39 is 0 Å². The molecule has 0 aromatic carbocycles.